The topological polar surface area (TPSA) is 55.8 Å². The van der Waals surface area contributed by atoms with Crippen molar-refractivity contribution < 1.29 is 19.4 Å². The summed E-state index contributed by atoms with van der Waals surface area (Å²) in [6, 6.07) is 1.58. The molecule has 0 aliphatic carbocycles. The molecule has 17 heavy (non-hydrogen) atoms. The van der Waals surface area contributed by atoms with Gasteiger partial charge in [0.2, 0.25) is 5.75 Å². The molecule has 0 aliphatic heterocycles. The molecule has 0 unspecified atom stereocenters. The number of aldehydes is 1. The predicted octanol–water partition coefficient (Wildman–Crippen LogP) is 2.34. The van der Waals surface area contributed by atoms with Gasteiger partial charge in [-0.3, -0.25) is 4.79 Å². The maximum Gasteiger partial charge on any atom is 0.204 e. The Morgan fingerprint density at radius 1 is 1.41 bits per heavy atom. The lowest BCUT2D eigenvalue weighted by atomic mass is 10.0. The molecule has 0 heterocycles. The number of phenolic OH excluding ortho intramolecular Hbond substituents is 1. The second-order valence-electron chi connectivity index (χ2n) is 3.79. The van der Waals surface area contributed by atoms with Crippen molar-refractivity contribution in [3.8, 4) is 17.2 Å². The second kappa shape index (κ2) is 5.39. The fraction of sp³-hybridized carbons (Fsp3) is 0.308. The Hall–Kier alpha value is -1.97. The second-order valence-corrected chi connectivity index (χ2v) is 3.79. The summed E-state index contributed by atoms with van der Waals surface area (Å²) in [5.74, 6) is 0.400. The number of hydrogen-bond acceptors (Lipinski definition) is 4. The van der Waals surface area contributed by atoms with Gasteiger partial charge in [0.1, 0.15) is 0 Å². The lowest BCUT2D eigenvalue weighted by Gasteiger charge is -2.14. The molecule has 0 radical (unpaired) electrons. The van der Waals surface area contributed by atoms with Gasteiger partial charge < -0.3 is 14.6 Å². The molecule has 0 fully saturated rings. The van der Waals surface area contributed by atoms with Crippen LogP contribution in [-0.4, -0.2) is 25.6 Å². The molecule has 0 saturated carbocycles. The smallest absolute Gasteiger partial charge is 0.204 e. The average Bonchev–Trinajstić information content (AvgIpc) is 2.30. The van der Waals surface area contributed by atoms with Gasteiger partial charge in [0.05, 0.1) is 19.8 Å². The molecule has 1 aromatic rings. The molecular formula is C13H16O4. The lowest BCUT2D eigenvalue weighted by Crippen LogP contribution is -1.99. The summed E-state index contributed by atoms with van der Waals surface area (Å²) >= 11 is 0. The molecule has 1 rings (SSSR count). The Kier molecular flexibility index (Phi) is 4.15. The monoisotopic (exact) mass is 236 g/mol. The van der Waals surface area contributed by atoms with Crippen molar-refractivity contribution in [3.63, 3.8) is 0 Å². The highest BCUT2D eigenvalue weighted by molar-refractivity contribution is 5.83. The first-order chi connectivity index (χ1) is 8.04. The zero-order chi connectivity index (χ0) is 13.0. The van der Waals surface area contributed by atoms with Crippen LogP contribution < -0.4 is 9.47 Å². The number of ether oxygens (including phenoxy) is 2. The Balaban J connectivity index is 3.44. The van der Waals surface area contributed by atoms with E-state index in [0.717, 1.165) is 5.57 Å². The van der Waals surface area contributed by atoms with Crippen LogP contribution in [0.3, 0.4) is 0 Å². The predicted molar refractivity (Wildman–Crippen MR) is 65.1 cm³/mol. The molecule has 4 nitrogen and oxygen atoms in total. The highest BCUT2D eigenvalue weighted by atomic mass is 16.5. The summed E-state index contributed by atoms with van der Waals surface area (Å²) in [7, 11) is 2.83. The van der Waals surface area contributed by atoms with Crippen molar-refractivity contribution >= 4 is 6.29 Å². The van der Waals surface area contributed by atoms with Crippen molar-refractivity contribution in [3.05, 3.63) is 29.3 Å². The number of benzene rings is 1. The SMILES string of the molecule is C=C(C)Cc1cc(C=O)c(OC)c(OC)c1O. The molecule has 0 aromatic heterocycles. The molecule has 1 aromatic carbocycles. The first-order valence-electron chi connectivity index (χ1n) is 5.11. The number of aromatic hydroxyl groups is 1. The van der Waals surface area contributed by atoms with Crippen LogP contribution >= 0.6 is 0 Å². The van der Waals surface area contributed by atoms with Gasteiger partial charge in [0.25, 0.3) is 0 Å². The molecule has 4 heteroatoms. The van der Waals surface area contributed by atoms with E-state index in [1.54, 1.807) is 6.07 Å². The Morgan fingerprint density at radius 3 is 2.41 bits per heavy atom. The maximum absolute atomic E-state index is 11.0. The van der Waals surface area contributed by atoms with Crippen LogP contribution in [-0.2, 0) is 6.42 Å². The van der Waals surface area contributed by atoms with E-state index in [0.29, 0.717) is 23.8 Å². The fourth-order valence-corrected chi connectivity index (χ4v) is 1.65. The first kappa shape index (κ1) is 13.1. The third-order valence-electron chi connectivity index (χ3n) is 2.34. The summed E-state index contributed by atoms with van der Waals surface area (Å²) in [4.78, 5) is 11.0. The summed E-state index contributed by atoms with van der Waals surface area (Å²) in [5, 5.41) is 10.0. The number of phenols is 1. The average molecular weight is 236 g/mol. The first-order valence-corrected chi connectivity index (χ1v) is 5.11. The van der Waals surface area contributed by atoms with Crippen molar-refractivity contribution in [1.29, 1.82) is 0 Å². The molecule has 0 saturated heterocycles. The van der Waals surface area contributed by atoms with Gasteiger partial charge in [-0.05, 0) is 19.4 Å². The van der Waals surface area contributed by atoms with Gasteiger partial charge in [-0.15, -0.1) is 0 Å². The quantitative estimate of drug-likeness (QED) is 0.629. The van der Waals surface area contributed by atoms with Gasteiger partial charge in [-0.1, -0.05) is 12.2 Å². The van der Waals surface area contributed by atoms with Crippen molar-refractivity contribution in [2.75, 3.05) is 14.2 Å². The number of carbonyl (C=O) groups is 1. The summed E-state index contributed by atoms with van der Waals surface area (Å²) in [6.45, 7) is 5.62. The minimum Gasteiger partial charge on any atom is -0.504 e. The van der Waals surface area contributed by atoms with Crippen LogP contribution in [0.2, 0.25) is 0 Å². The van der Waals surface area contributed by atoms with Gasteiger partial charge in [0, 0.05) is 5.56 Å². The third kappa shape index (κ3) is 2.58. The van der Waals surface area contributed by atoms with Crippen LogP contribution in [0.4, 0.5) is 0 Å². The zero-order valence-electron chi connectivity index (χ0n) is 10.2. The number of allylic oxidation sites excluding steroid dienone is 1. The van der Waals surface area contributed by atoms with E-state index in [9.17, 15) is 9.90 Å². The van der Waals surface area contributed by atoms with E-state index in [2.05, 4.69) is 6.58 Å². The van der Waals surface area contributed by atoms with E-state index in [1.165, 1.54) is 14.2 Å². The van der Waals surface area contributed by atoms with Crippen LogP contribution in [0.15, 0.2) is 18.2 Å². The number of carbonyl (C=O) groups excluding carboxylic acids is 1. The van der Waals surface area contributed by atoms with Gasteiger partial charge in [0.15, 0.2) is 17.8 Å². The summed E-state index contributed by atoms with van der Waals surface area (Å²) in [6.07, 6.45) is 1.15. The Labute approximate surface area is 100 Å². The number of hydrogen-bond donors (Lipinski definition) is 1. The maximum atomic E-state index is 11.0. The van der Waals surface area contributed by atoms with E-state index in [-0.39, 0.29) is 17.2 Å². The molecular weight excluding hydrogens is 220 g/mol. The molecule has 1 N–H and O–H groups in total. The Bertz CT molecular complexity index is 449. The number of methoxy groups -OCH3 is 2. The molecule has 92 valence electrons. The highest BCUT2D eigenvalue weighted by Gasteiger charge is 2.18. The molecule has 0 bridgehead atoms. The normalized spacial score (nSPS) is 9.82. The minimum atomic E-state index is -0.0158. The lowest BCUT2D eigenvalue weighted by molar-refractivity contribution is 0.111. The van der Waals surface area contributed by atoms with Gasteiger partial charge in [-0.2, -0.15) is 0 Å². The fourth-order valence-electron chi connectivity index (χ4n) is 1.65. The largest absolute Gasteiger partial charge is 0.504 e. The van der Waals surface area contributed by atoms with Crippen molar-refractivity contribution in [1.82, 2.24) is 0 Å². The van der Waals surface area contributed by atoms with Crippen LogP contribution in [0.5, 0.6) is 17.2 Å². The van der Waals surface area contributed by atoms with Crippen molar-refractivity contribution in [2.45, 2.75) is 13.3 Å². The van der Waals surface area contributed by atoms with E-state index < -0.39 is 0 Å². The van der Waals surface area contributed by atoms with Crippen LogP contribution in [0, 0.1) is 0 Å². The Morgan fingerprint density at radius 2 is 2.00 bits per heavy atom. The molecule has 0 atom stereocenters. The summed E-state index contributed by atoms with van der Waals surface area (Å²) < 4.78 is 10.1. The molecule has 0 aliphatic rings. The minimum absolute atomic E-state index is 0.0158. The third-order valence-corrected chi connectivity index (χ3v) is 2.34. The van der Waals surface area contributed by atoms with Crippen LogP contribution in [0.1, 0.15) is 22.8 Å². The van der Waals surface area contributed by atoms with E-state index >= 15 is 0 Å². The molecule has 0 amide bonds. The zero-order valence-corrected chi connectivity index (χ0v) is 10.2. The highest BCUT2D eigenvalue weighted by Crippen LogP contribution is 2.41. The van der Waals surface area contributed by atoms with Gasteiger partial charge in [-0.25, -0.2) is 0 Å². The standard InChI is InChI=1S/C13H16O4/c1-8(2)5-9-6-10(7-14)12(16-3)13(17-4)11(9)15/h6-7,15H,1,5H2,2-4H3. The molecule has 0 spiro atoms. The van der Waals surface area contributed by atoms with Gasteiger partial charge >= 0.3 is 0 Å². The van der Waals surface area contributed by atoms with Crippen molar-refractivity contribution in [2.24, 2.45) is 0 Å². The van der Waals surface area contributed by atoms with Crippen LogP contribution in [0.25, 0.3) is 0 Å². The number of rotatable bonds is 5. The van der Waals surface area contributed by atoms with E-state index in [1.807, 2.05) is 6.92 Å². The summed E-state index contributed by atoms with van der Waals surface area (Å²) in [5.41, 5.74) is 1.82. The van der Waals surface area contributed by atoms with E-state index in [4.69, 9.17) is 9.47 Å².